The lowest BCUT2D eigenvalue weighted by atomic mass is 10.1. The number of aromatic amines is 1. The number of H-pyrrole nitrogens is 1. The van der Waals surface area contributed by atoms with Crippen LogP contribution in [0.15, 0.2) is 30.3 Å². The predicted octanol–water partition coefficient (Wildman–Crippen LogP) is 2.94. The lowest BCUT2D eigenvalue weighted by Crippen LogP contribution is -2.39. The van der Waals surface area contributed by atoms with Gasteiger partial charge in [0.05, 0.1) is 11.4 Å². The maximum absolute atomic E-state index is 4.79. The van der Waals surface area contributed by atoms with E-state index in [4.69, 9.17) is 4.98 Å². The Morgan fingerprint density at radius 3 is 2.95 bits per heavy atom. The van der Waals surface area contributed by atoms with Crippen LogP contribution in [0.3, 0.4) is 0 Å². The van der Waals surface area contributed by atoms with Gasteiger partial charge < -0.3 is 4.98 Å². The van der Waals surface area contributed by atoms with Gasteiger partial charge in [-0.3, -0.25) is 4.90 Å². The van der Waals surface area contributed by atoms with Crippen molar-refractivity contribution in [3.05, 3.63) is 41.7 Å². The molecule has 0 radical (unpaired) electrons. The van der Waals surface area contributed by atoms with Gasteiger partial charge >= 0.3 is 0 Å². The summed E-state index contributed by atoms with van der Waals surface area (Å²) >= 11 is 2.09. The molecule has 104 valence electrons. The smallest absolute Gasteiger partial charge is 0.137 e. The Balaban J connectivity index is 1.58. The van der Waals surface area contributed by atoms with E-state index in [1.54, 1.807) is 0 Å². The molecule has 20 heavy (non-hydrogen) atoms. The van der Waals surface area contributed by atoms with Crippen LogP contribution in [0.5, 0.6) is 0 Å². The molecular weight excluding hydrogens is 266 g/mol. The number of aromatic nitrogens is 2. The van der Waals surface area contributed by atoms with Crippen molar-refractivity contribution in [1.82, 2.24) is 14.9 Å². The van der Waals surface area contributed by atoms with Crippen molar-refractivity contribution >= 4 is 11.8 Å². The predicted molar refractivity (Wildman–Crippen MR) is 83.9 cm³/mol. The molecule has 1 N–H and O–H groups in total. The van der Waals surface area contributed by atoms with Gasteiger partial charge in [0.15, 0.2) is 0 Å². The zero-order valence-corrected chi connectivity index (χ0v) is 12.3. The summed E-state index contributed by atoms with van der Waals surface area (Å²) in [5, 5.41) is 0. The minimum Gasteiger partial charge on any atom is -0.341 e. The van der Waals surface area contributed by atoms with Crippen molar-refractivity contribution in [2.24, 2.45) is 0 Å². The molecule has 1 fully saturated rings. The fourth-order valence-corrected chi connectivity index (χ4v) is 4.42. The molecule has 2 aliphatic heterocycles. The summed E-state index contributed by atoms with van der Waals surface area (Å²) in [7, 11) is 0. The molecule has 3 nitrogen and oxygen atoms in total. The zero-order valence-electron chi connectivity index (χ0n) is 11.5. The first-order valence-corrected chi connectivity index (χ1v) is 8.50. The van der Waals surface area contributed by atoms with Crippen LogP contribution < -0.4 is 0 Å². The summed E-state index contributed by atoms with van der Waals surface area (Å²) < 4.78 is 0. The van der Waals surface area contributed by atoms with E-state index in [1.807, 2.05) is 6.07 Å². The first-order chi connectivity index (χ1) is 9.90. The maximum atomic E-state index is 4.79. The summed E-state index contributed by atoms with van der Waals surface area (Å²) in [5.74, 6) is 3.65. The molecule has 1 atom stereocenters. The Morgan fingerprint density at radius 2 is 2.15 bits per heavy atom. The Bertz CT molecular complexity index is 587. The lowest BCUT2D eigenvalue weighted by Gasteiger charge is -2.31. The SMILES string of the molecule is c1ccc(-c2nc3c([nH]2)CN(C2CCSC2)CC3)cc1. The van der Waals surface area contributed by atoms with Crippen LogP contribution in [0.1, 0.15) is 17.8 Å². The van der Waals surface area contributed by atoms with Gasteiger partial charge in [0, 0.05) is 36.9 Å². The third kappa shape index (κ3) is 2.27. The van der Waals surface area contributed by atoms with Gasteiger partial charge in [0.2, 0.25) is 0 Å². The minimum absolute atomic E-state index is 0.775. The van der Waals surface area contributed by atoms with Crippen LogP contribution in [0.25, 0.3) is 11.4 Å². The number of hydrogen-bond donors (Lipinski definition) is 1. The average Bonchev–Trinajstić information content (AvgIpc) is 3.16. The van der Waals surface area contributed by atoms with Gasteiger partial charge in [-0.2, -0.15) is 11.8 Å². The molecule has 0 aliphatic carbocycles. The molecule has 1 aromatic carbocycles. The molecule has 3 heterocycles. The van der Waals surface area contributed by atoms with Gasteiger partial charge in [-0.05, 0) is 12.2 Å². The molecule has 4 rings (SSSR count). The number of hydrogen-bond acceptors (Lipinski definition) is 3. The van der Waals surface area contributed by atoms with Crippen LogP contribution >= 0.6 is 11.8 Å². The molecule has 1 unspecified atom stereocenters. The van der Waals surface area contributed by atoms with Crippen LogP contribution in [0, 0.1) is 0 Å². The van der Waals surface area contributed by atoms with Gasteiger partial charge in [0.25, 0.3) is 0 Å². The van der Waals surface area contributed by atoms with Crippen LogP contribution in [-0.4, -0.2) is 39.0 Å². The highest BCUT2D eigenvalue weighted by Gasteiger charge is 2.28. The van der Waals surface area contributed by atoms with E-state index in [2.05, 4.69) is 45.9 Å². The normalized spacial score (nSPS) is 22.9. The van der Waals surface area contributed by atoms with Crippen molar-refractivity contribution in [3.8, 4) is 11.4 Å². The zero-order chi connectivity index (χ0) is 13.4. The first-order valence-electron chi connectivity index (χ1n) is 7.35. The highest BCUT2D eigenvalue weighted by atomic mass is 32.2. The highest BCUT2D eigenvalue weighted by Crippen LogP contribution is 2.28. The fourth-order valence-electron chi connectivity index (χ4n) is 3.17. The summed E-state index contributed by atoms with van der Waals surface area (Å²) in [6.07, 6.45) is 2.43. The Hall–Kier alpha value is -1.26. The Kier molecular flexibility index (Phi) is 3.28. The van der Waals surface area contributed by atoms with Gasteiger partial charge in [0.1, 0.15) is 5.82 Å². The number of benzene rings is 1. The molecule has 0 spiro atoms. The Morgan fingerprint density at radius 1 is 1.25 bits per heavy atom. The molecule has 4 heteroatoms. The van der Waals surface area contributed by atoms with E-state index in [0.29, 0.717) is 0 Å². The van der Waals surface area contributed by atoms with Gasteiger partial charge in [-0.15, -0.1) is 0 Å². The molecule has 0 saturated carbocycles. The third-order valence-corrected chi connectivity index (χ3v) is 5.48. The first kappa shape index (κ1) is 12.5. The largest absolute Gasteiger partial charge is 0.341 e. The molecule has 0 amide bonds. The Labute approximate surface area is 123 Å². The number of thioether (sulfide) groups is 1. The van der Waals surface area contributed by atoms with E-state index < -0.39 is 0 Å². The van der Waals surface area contributed by atoms with Gasteiger partial charge in [-0.1, -0.05) is 30.3 Å². The number of fused-ring (bicyclic) bond motifs is 1. The summed E-state index contributed by atoms with van der Waals surface area (Å²) in [5.41, 5.74) is 3.78. The van der Waals surface area contributed by atoms with E-state index >= 15 is 0 Å². The standard InChI is InChI=1S/C16H19N3S/c1-2-4-12(5-3-1)16-17-14-6-8-19(10-15(14)18-16)13-7-9-20-11-13/h1-5,13H,6-11H2,(H,17,18). The van der Waals surface area contributed by atoms with Crippen molar-refractivity contribution in [1.29, 1.82) is 0 Å². The van der Waals surface area contributed by atoms with Crippen molar-refractivity contribution in [2.45, 2.75) is 25.4 Å². The molecular formula is C16H19N3S. The molecule has 2 aliphatic rings. The molecule has 1 saturated heterocycles. The van der Waals surface area contributed by atoms with E-state index in [1.165, 1.54) is 34.9 Å². The average molecular weight is 285 g/mol. The molecule has 2 aromatic rings. The van der Waals surface area contributed by atoms with Crippen LogP contribution in [0.2, 0.25) is 0 Å². The summed E-state index contributed by atoms with van der Waals surface area (Å²) in [6.45, 7) is 2.21. The monoisotopic (exact) mass is 285 g/mol. The maximum Gasteiger partial charge on any atom is 0.137 e. The van der Waals surface area contributed by atoms with Crippen molar-refractivity contribution in [2.75, 3.05) is 18.1 Å². The quantitative estimate of drug-likeness (QED) is 0.920. The van der Waals surface area contributed by atoms with Crippen molar-refractivity contribution in [3.63, 3.8) is 0 Å². The number of nitrogens with zero attached hydrogens (tertiary/aromatic N) is 2. The molecule has 0 bridgehead atoms. The number of nitrogens with one attached hydrogen (secondary N) is 1. The van der Waals surface area contributed by atoms with Crippen LogP contribution in [0.4, 0.5) is 0 Å². The fraction of sp³-hybridized carbons (Fsp3) is 0.438. The highest BCUT2D eigenvalue weighted by molar-refractivity contribution is 7.99. The minimum atomic E-state index is 0.775. The number of imidazole rings is 1. The van der Waals surface area contributed by atoms with Crippen molar-refractivity contribution < 1.29 is 0 Å². The third-order valence-electron chi connectivity index (χ3n) is 4.33. The van der Waals surface area contributed by atoms with E-state index in [0.717, 1.165) is 31.4 Å². The summed E-state index contributed by atoms with van der Waals surface area (Å²) in [6, 6.07) is 11.2. The second kappa shape index (κ2) is 5.26. The van der Waals surface area contributed by atoms with E-state index in [-0.39, 0.29) is 0 Å². The second-order valence-corrected chi connectivity index (χ2v) is 6.76. The second-order valence-electron chi connectivity index (χ2n) is 5.61. The molecule has 1 aromatic heterocycles. The lowest BCUT2D eigenvalue weighted by molar-refractivity contribution is 0.191. The summed E-state index contributed by atoms with van der Waals surface area (Å²) in [4.78, 5) is 11.0. The number of rotatable bonds is 2. The van der Waals surface area contributed by atoms with Gasteiger partial charge in [-0.25, -0.2) is 4.98 Å². The van der Waals surface area contributed by atoms with E-state index in [9.17, 15) is 0 Å². The van der Waals surface area contributed by atoms with Crippen LogP contribution in [-0.2, 0) is 13.0 Å². The topological polar surface area (TPSA) is 31.9 Å².